The molecule has 3 aliphatic rings. The summed E-state index contributed by atoms with van der Waals surface area (Å²) in [5, 5.41) is 12.4. The fraction of sp³-hybridized carbons (Fsp3) is 0.556. The fourth-order valence-electron chi connectivity index (χ4n) is 7.65. The highest BCUT2D eigenvalue weighted by atomic mass is 35.5. The summed E-state index contributed by atoms with van der Waals surface area (Å²) in [4.78, 5) is 20.3. The molecule has 2 bridgehead atoms. The van der Waals surface area contributed by atoms with E-state index in [9.17, 15) is 18.3 Å². The zero-order chi connectivity index (χ0) is 33.3. The third-order valence-electron chi connectivity index (χ3n) is 11.0. The molecule has 1 amide bonds. The maximum absolute atomic E-state index is 13.5. The number of hydrogen-bond donors (Lipinski definition) is 2. The van der Waals surface area contributed by atoms with Crippen LogP contribution >= 0.6 is 11.6 Å². The summed E-state index contributed by atoms with van der Waals surface area (Å²) in [6.45, 7) is 5.33. The second-order valence-corrected chi connectivity index (χ2v) is 16.5. The van der Waals surface area contributed by atoms with E-state index in [0.717, 1.165) is 55.7 Å². The third kappa shape index (κ3) is 7.34. The van der Waals surface area contributed by atoms with Crippen LogP contribution in [0.5, 0.6) is 5.75 Å². The monoisotopic (exact) mass is 682 g/mol. The summed E-state index contributed by atoms with van der Waals surface area (Å²) in [7, 11) is -1.99. The Morgan fingerprint density at radius 2 is 1.91 bits per heavy atom. The predicted octanol–water partition coefficient (Wildman–Crippen LogP) is 6.06. The van der Waals surface area contributed by atoms with E-state index >= 15 is 0 Å². The molecule has 0 radical (unpaired) electrons. The first-order valence-electron chi connectivity index (χ1n) is 17.0. The quantitative estimate of drug-likeness (QED) is 0.338. The fourth-order valence-corrected chi connectivity index (χ4v) is 9.16. The van der Waals surface area contributed by atoms with E-state index in [0.29, 0.717) is 49.6 Å². The number of fused-ring (bicyclic) bond motifs is 3. The molecule has 0 saturated heterocycles. The topological polar surface area (TPSA) is 114 Å². The van der Waals surface area contributed by atoms with E-state index in [1.54, 1.807) is 31.3 Å². The number of amides is 1. The van der Waals surface area contributed by atoms with Gasteiger partial charge in [-0.3, -0.25) is 4.79 Å². The highest BCUT2D eigenvalue weighted by Gasteiger charge is 2.47. The molecule has 47 heavy (non-hydrogen) atoms. The number of ether oxygens (including phenoxy) is 1. The van der Waals surface area contributed by atoms with Gasteiger partial charge in [0.2, 0.25) is 10.0 Å². The first-order chi connectivity index (χ1) is 22.4. The molecule has 3 heterocycles. The standard InChI is InChI=1S/C36H47ClN4O5S/c1-24-7-6-15-36(43,21-34-38-16-18-40(34)3)31-13-10-28(31)22-41-17-5-4-8-26-19-30(37)12-9-29(26)23-46-33-14-11-27(20-32(33)41)35(42)39-47(44,45)25(24)2/h9,11-12,14,16,18-20,24-25,28,31,43H,4-8,10,13,15,17,21-23H2,1-3H3,(H,39,42)/t24-,25+,28-,31+,36-/m0/s1. The molecule has 0 unspecified atom stereocenters. The summed E-state index contributed by atoms with van der Waals surface area (Å²) in [5.74, 6) is 0.920. The van der Waals surface area contributed by atoms with Crippen LogP contribution in [-0.2, 0) is 36.5 Å². The summed E-state index contributed by atoms with van der Waals surface area (Å²) in [6.07, 6.45) is 10.6. The summed E-state index contributed by atoms with van der Waals surface area (Å²) < 4.78 is 37.6. The van der Waals surface area contributed by atoms with Gasteiger partial charge in [0.1, 0.15) is 18.2 Å². The van der Waals surface area contributed by atoms with Crippen molar-refractivity contribution in [2.75, 3.05) is 18.0 Å². The number of rotatable bonds is 2. The van der Waals surface area contributed by atoms with Crippen molar-refractivity contribution in [3.63, 3.8) is 0 Å². The van der Waals surface area contributed by atoms with Gasteiger partial charge in [-0.1, -0.05) is 31.0 Å². The Morgan fingerprint density at radius 3 is 2.66 bits per heavy atom. The molecule has 2 N–H and O–H groups in total. The Hall–Kier alpha value is -3.08. The Bertz CT molecular complexity index is 1710. The van der Waals surface area contributed by atoms with Crippen LogP contribution in [0.4, 0.5) is 5.69 Å². The summed E-state index contributed by atoms with van der Waals surface area (Å²) in [6, 6.07) is 11.1. The highest BCUT2D eigenvalue weighted by molar-refractivity contribution is 7.90. The Labute approximate surface area is 283 Å². The molecule has 11 heteroatoms. The van der Waals surface area contributed by atoms with Crippen molar-refractivity contribution in [2.45, 2.75) is 89.1 Å². The second-order valence-electron chi connectivity index (χ2n) is 14.0. The lowest BCUT2D eigenvalue weighted by molar-refractivity contribution is -0.0894. The zero-order valence-electron chi connectivity index (χ0n) is 27.6. The van der Waals surface area contributed by atoms with E-state index in [1.807, 2.05) is 42.9 Å². The number of benzene rings is 2. The van der Waals surface area contributed by atoms with Crippen molar-refractivity contribution in [3.05, 3.63) is 76.3 Å². The average molecular weight is 683 g/mol. The van der Waals surface area contributed by atoms with Crippen molar-refractivity contribution < 1.29 is 23.1 Å². The number of nitrogens with zero attached hydrogens (tertiary/aromatic N) is 3. The van der Waals surface area contributed by atoms with Crippen LogP contribution in [0.3, 0.4) is 0 Å². The van der Waals surface area contributed by atoms with Gasteiger partial charge in [0, 0.05) is 49.5 Å². The number of imidazole rings is 1. The maximum atomic E-state index is 13.5. The maximum Gasteiger partial charge on any atom is 0.264 e. The second kappa shape index (κ2) is 13.8. The van der Waals surface area contributed by atoms with Gasteiger partial charge < -0.3 is 19.3 Å². The molecule has 1 aliphatic carbocycles. The Kier molecular flexibility index (Phi) is 9.93. The number of anilines is 1. The van der Waals surface area contributed by atoms with Gasteiger partial charge in [-0.25, -0.2) is 18.1 Å². The van der Waals surface area contributed by atoms with E-state index in [2.05, 4.69) is 14.6 Å². The Morgan fingerprint density at radius 1 is 1.09 bits per heavy atom. The van der Waals surface area contributed by atoms with Crippen molar-refractivity contribution in [1.29, 1.82) is 0 Å². The van der Waals surface area contributed by atoms with Gasteiger partial charge in [0.15, 0.2) is 0 Å². The van der Waals surface area contributed by atoms with Gasteiger partial charge in [-0.2, -0.15) is 0 Å². The van der Waals surface area contributed by atoms with Crippen LogP contribution in [0.1, 0.15) is 86.1 Å². The number of carbonyl (C=O) groups is 1. The molecule has 2 aliphatic heterocycles. The molecule has 1 fully saturated rings. The number of sulfonamides is 1. The summed E-state index contributed by atoms with van der Waals surface area (Å²) in [5.41, 5.74) is 2.29. The van der Waals surface area contributed by atoms with Crippen LogP contribution in [-0.4, -0.2) is 52.9 Å². The lowest BCUT2D eigenvalue weighted by atomic mass is 9.62. The number of aliphatic hydroxyl groups is 1. The molecule has 3 aromatic rings. The minimum atomic E-state index is -3.95. The van der Waals surface area contributed by atoms with E-state index in [4.69, 9.17) is 16.3 Å². The van der Waals surface area contributed by atoms with Crippen molar-refractivity contribution in [2.24, 2.45) is 24.8 Å². The average Bonchev–Trinajstić information content (AvgIpc) is 3.40. The SMILES string of the molecule is C[C@@H]1[C@@H](C)CCC[C@](O)(Cc2nccn2C)[C@@H]2CC[C@H]2CN2CCCCc3cc(Cl)ccc3COc3ccc(cc32)C(=O)NS1(=O)=O. The first kappa shape index (κ1) is 33.8. The number of hydrogen-bond acceptors (Lipinski definition) is 7. The van der Waals surface area contributed by atoms with Gasteiger partial charge in [-0.15, -0.1) is 0 Å². The molecule has 254 valence electrons. The molecular weight excluding hydrogens is 636 g/mol. The van der Waals surface area contributed by atoms with Crippen molar-refractivity contribution >= 4 is 33.2 Å². The molecule has 6 rings (SSSR count). The lowest BCUT2D eigenvalue weighted by Crippen LogP contribution is -2.52. The summed E-state index contributed by atoms with van der Waals surface area (Å²) >= 11 is 6.35. The number of carbonyl (C=O) groups excluding carboxylic acids is 1. The van der Waals surface area contributed by atoms with Crippen LogP contribution in [0.25, 0.3) is 0 Å². The van der Waals surface area contributed by atoms with Crippen LogP contribution in [0.2, 0.25) is 5.02 Å². The minimum absolute atomic E-state index is 0.0593. The van der Waals surface area contributed by atoms with Crippen LogP contribution in [0.15, 0.2) is 48.8 Å². The Balaban J connectivity index is 1.40. The van der Waals surface area contributed by atoms with Gasteiger partial charge >= 0.3 is 0 Å². The van der Waals surface area contributed by atoms with Crippen molar-refractivity contribution in [1.82, 2.24) is 14.3 Å². The molecule has 5 atom stereocenters. The molecular formula is C36H47ClN4O5S. The normalized spacial score (nSPS) is 28.4. The van der Waals surface area contributed by atoms with Crippen LogP contribution < -0.4 is 14.4 Å². The third-order valence-corrected chi connectivity index (χ3v) is 13.1. The molecule has 0 spiro atoms. The number of aromatic nitrogens is 2. The minimum Gasteiger partial charge on any atom is -0.487 e. The van der Waals surface area contributed by atoms with E-state index in [-0.39, 0.29) is 23.3 Å². The zero-order valence-corrected chi connectivity index (χ0v) is 29.2. The molecule has 1 saturated carbocycles. The molecule has 9 nitrogen and oxygen atoms in total. The smallest absolute Gasteiger partial charge is 0.264 e. The molecule has 1 aromatic heterocycles. The number of halogens is 1. The van der Waals surface area contributed by atoms with E-state index in [1.165, 1.54) is 5.56 Å². The predicted molar refractivity (Wildman–Crippen MR) is 184 cm³/mol. The highest BCUT2D eigenvalue weighted by Crippen LogP contribution is 2.47. The largest absolute Gasteiger partial charge is 0.487 e. The van der Waals surface area contributed by atoms with Gasteiger partial charge in [0.05, 0.1) is 16.5 Å². The first-order valence-corrected chi connectivity index (χ1v) is 18.9. The number of aryl methyl sites for hydroxylation is 2. The number of nitrogens with one attached hydrogen (secondary N) is 1. The van der Waals surface area contributed by atoms with Gasteiger partial charge in [-0.05, 0) is 111 Å². The van der Waals surface area contributed by atoms with Gasteiger partial charge in [0.25, 0.3) is 5.91 Å². The lowest BCUT2D eigenvalue weighted by Gasteiger charge is -2.49. The van der Waals surface area contributed by atoms with Crippen LogP contribution in [0, 0.1) is 17.8 Å². The molecule has 2 aromatic carbocycles. The van der Waals surface area contributed by atoms with Crippen molar-refractivity contribution in [3.8, 4) is 5.75 Å². The van der Waals surface area contributed by atoms with E-state index < -0.39 is 26.8 Å².